The Morgan fingerprint density at radius 2 is 1.91 bits per heavy atom. The number of aliphatic hydroxyl groups excluding tert-OH is 1. The Hall–Kier alpha value is -0.970. The van der Waals surface area contributed by atoms with Gasteiger partial charge in [0.15, 0.2) is 0 Å². The minimum absolute atomic E-state index is 0.0350. The molecular weight excluding hydrogens is 293 g/mol. The second kappa shape index (κ2) is 7.73. The number of methoxy groups -OCH3 is 1. The van der Waals surface area contributed by atoms with Gasteiger partial charge in [0, 0.05) is 24.8 Å². The molecule has 0 spiro atoms. The molecule has 1 heterocycles. The smallest absolute Gasteiger partial charge is 0.129 e. The first-order valence-corrected chi connectivity index (χ1v) is 8.88. The predicted octanol–water partition coefficient (Wildman–Crippen LogP) is 3.58. The highest BCUT2D eigenvalue weighted by molar-refractivity contribution is 5.21. The van der Waals surface area contributed by atoms with E-state index in [1.54, 1.807) is 25.3 Å². The van der Waals surface area contributed by atoms with Gasteiger partial charge in [0.05, 0.1) is 12.2 Å². The van der Waals surface area contributed by atoms with Crippen LogP contribution in [0.1, 0.15) is 56.6 Å². The highest BCUT2D eigenvalue weighted by atomic mass is 19.1. The van der Waals surface area contributed by atoms with Gasteiger partial charge in [-0.15, -0.1) is 0 Å². The zero-order valence-electron chi connectivity index (χ0n) is 13.9. The SMILES string of the molecule is COC1CCC(C[C@@H]2CC[C@H]([C@@H](O)c3ccccc3F)N2)CC1. The summed E-state index contributed by atoms with van der Waals surface area (Å²) in [5.74, 6) is 0.436. The van der Waals surface area contributed by atoms with E-state index in [2.05, 4.69) is 5.32 Å². The molecule has 1 saturated heterocycles. The molecule has 2 N–H and O–H groups in total. The van der Waals surface area contributed by atoms with Crippen LogP contribution in [0.4, 0.5) is 4.39 Å². The summed E-state index contributed by atoms with van der Waals surface area (Å²) >= 11 is 0. The molecule has 0 radical (unpaired) electrons. The van der Waals surface area contributed by atoms with Crippen LogP contribution in [0.2, 0.25) is 0 Å². The Balaban J connectivity index is 1.50. The fourth-order valence-electron chi connectivity index (χ4n) is 4.22. The molecule has 2 fully saturated rings. The van der Waals surface area contributed by atoms with Gasteiger partial charge in [0.25, 0.3) is 0 Å². The topological polar surface area (TPSA) is 41.5 Å². The number of rotatable bonds is 5. The molecule has 23 heavy (non-hydrogen) atoms. The maximum absolute atomic E-state index is 13.8. The van der Waals surface area contributed by atoms with Crippen molar-refractivity contribution in [2.75, 3.05) is 7.11 Å². The standard InChI is InChI=1S/C19H28FNO2/c1-23-15-9-6-13(7-10-15)12-14-8-11-18(21-14)19(22)16-4-2-3-5-17(16)20/h2-5,13-15,18-19,21-22H,6-12H2,1H3/t13?,14-,15?,18+,19-/m0/s1. The molecule has 1 aromatic carbocycles. The number of ether oxygens (including phenoxy) is 1. The molecule has 0 bridgehead atoms. The summed E-state index contributed by atoms with van der Waals surface area (Å²) < 4.78 is 19.3. The molecule has 0 unspecified atom stereocenters. The van der Waals surface area contributed by atoms with Crippen molar-refractivity contribution in [2.45, 2.75) is 69.2 Å². The van der Waals surface area contributed by atoms with Gasteiger partial charge in [-0.3, -0.25) is 0 Å². The zero-order valence-corrected chi connectivity index (χ0v) is 13.9. The third kappa shape index (κ3) is 4.11. The number of halogens is 1. The fourth-order valence-corrected chi connectivity index (χ4v) is 4.22. The third-order valence-electron chi connectivity index (χ3n) is 5.63. The summed E-state index contributed by atoms with van der Waals surface area (Å²) in [6, 6.07) is 6.95. The van der Waals surface area contributed by atoms with Crippen LogP contribution >= 0.6 is 0 Å². The Morgan fingerprint density at radius 1 is 1.17 bits per heavy atom. The zero-order chi connectivity index (χ0) is 16.2. The van der Waals surface area contributed by atoms with Crippen LogP contribution in [0.15, 0.2) is 24.3 Å². The first-order valence-electron chi connectivity index (χ1n) is 8.88. The van der Waals surface area contributed by atoms with Gasteiger partial charge in [-0.25, -0.2) is 4.39 Å². The van der Waals surface area contributed by atoms with Crippen LogP contribution in [0, 0.1) is 11.7 Å². The Kier molecular flexibility index (Phi) is 5.67. The van der Waals surface area contributed by atoms with Gasteiger partial charge in [0.2, 0.25) is 0 Å². The highest BCUT2D eigenvalue weighted by Gasteiger charge is 2.33. The van der Waals surface area contributed by atoms with Crippen LogP contribution in [0.5, 0.6) is 0 Å². The van der Waals surface area contributed by atoms with Crippen molar-refractivity contribution in [1.82, 2.24) is 5.32 Å². The van der Waals surface area contributed by atoms with E-state index in [9.17, 15) is 9.50 Å². The van der Waals surface area contributed by atoms with E-state index in [1.807, 2.05) is 0 Å². The molecule has 4 heteroatoms. The molecule has 1 aromatic rings. The fraction of sp³-hybridized carbons (Fsp3) is 0.684. The molecule has 1 saturated carbocycles. The van der Waals surface area contributed by atoms with Crippen molar-refractivity contribution in [2.24, 2.45) is 5.92 Å². The summed E-state index contributed by atoms with van der Waals surface area (Å²) in [7, 11) is 1.80. The monoisotopic (exact) mass is 321 g/mol. The van der Waals surface area contributed by atoms with Gasteiger partial charge in [-0.2, -0.15) is 0 Å². The number of aliphatic hydroxyl groups is 1. The molecule has 3 rings (SSSR count). The maximum atomic E-state index is 13.8. The summed E-state index contributed by atoms with van der Waals surface area (Å²) in [6.45, 7) is 0. The lowest BCUT2D eigenvalue weighted by atomic mass is 9.83. The lowest BCUT2D eigenvalue weighted by Gasteiger charge is -2.29. The van der Waals surface area contributed by atoms with Crippen LogP contribution < -0.4 is 5.32 Å². The Labute approximate surface area is 138 Å². The predicted molar refractivity (Wildman–Crippen MR) is 88.7 cm³/mol. The summed E-state index contributed by atoms with van der Waals surface area (Å²) in [5.41, 5.74) is 0.409. The highest BCUT2D eigenvalue weighted by Crippen LogP contribution is 2.33. The largest absolute Gasteiger partial charge is 0.387 e. The molecule has 3 nitrogen and oxygen atoms in total. The quantitative estimate of drug-likeness (QED) is 0.871. The van der Waals surface area contributed by atoms with Gasteiger partial charge in [0.1, 0.15) is 5.82 Å². The third-order valence-corrected chi connectivity index (χ3v) is 5.63. The van der Waals surface area contributed by atoms with Gasteiger partial charge in [-0.05, 0) is 56.9 Å². The van der Waals surface area contributed by atoms with E-state index < -0.39 is 6.10 Å². The number of nitrogens with one attached hydrogen (secondary N) is 1. The second-order valence-electron chi connectivity index (χ2n) is 7.13. The maximum Gasteiger partial charge on any atom is 0.129 e. The van der Waals surface area contributed by atoms with Crippen LogP contribution in [-0.2, 0) is 4.74 Å². The Bertz CT molecular complexity index is 502. The van der Waals surface area contributed by atoms with Crippen molar-refractivity contribution >= 4 is 0 Å². The first kappa shape index (κ1) is 16.9. The number of hydrogen-bond acceptors (Lipinski definition) is 3. The summed E-state index contributed by atoms with van der Waals surface area (Å²) in [4.78, 5) is 0. The van der Waals surface area contributed by atoms with E-state index in [-0.39, 0.29) is 11.9 Å². The van der Waals surface area contributed by atoms with Crippen LogP contribution in [-0.4, -0.2) is 30.4 Å². The second-order valence-corrected chi connectivity index (χ2v) is 7.13. The first-order chi connectivity index (χ1) is 11.2. The molecule has 128 valence electrons. The number of hydrogen-bond donors (Lipinski definition) is 2. The summed E-state index contributed by atoms with van der Waals surface area (Å²) in [5, 5.41) is 14.0. The van der Waals surface area contributed by atoms with Crippen LogP contribution in [0.25, 0.3) is 0 Å². The average Bonchev–Trinajstić information content (AvgIpc) is 3.04. The van der Waals surface area contributed by atoms with Crippen molar-refractivity contribution in [3.8, 4) is 0 Å². The van der Waals surface area contributed by atoms with E-state index >= 15 is 0 Å². The molecule has 0 amide bonds. The molecule has 1 aliphatic carbocycles. The average molecular weight is 321 g/mol. The van der Waals surface area contributed by atoms with Crippen molar-refractivity contribution in [3.63, 3.8) is 0 Å². The van der Waals surface area contributed by atoms with Crippen molar-refractivity contribution in [3.05, 3.63) is 35.6 Å². The number of benzene rings is 1. The lowest BCUT2D eigenvalue weighted by molar-refractivity contribution is 0.0538. The summed E-state index contributed by atoms with van der Waals surface area (Å²) in [6.07, 6.45) is 7.62. The van der Waals surface area contributed by atoms with Gasteiger partial charge in [-0.1, -0.05) is 18.2 Å². The molecule has 0 aromatic heterocycles. The van der Waals surface area contributed by atoms with E-state index in [4.69, 9.17) is 4.74 Å². The van der Waals surface area contributed by atoms with Gasteiger partial charge >= 0.3 is 0 Å². The molecular formula is C19H28FNO2. The van der Waals surface area contributed by atoms with Crippen molar-refractivity contribution in [1.29, 1.82) is 0 Å². The molecule has 1 aliphatic heterocycles. The van der Waals surface area contributed by atoms with E-state index in [0.717, 1.165) is 38.0 Å². The minimum Gasteiger partial charge on any atom is -0.387 e. The van der Waals surface area contributed by atoms with Crippen LogP contribution in [0.3, 0.4) is 0 Å². The van der Waals surface area contributed by atoms with Crippen molar-refractivity contribution < 1.29 is 14.2 Å². The van der Waals surface area contributed by atoms with E-state index in [0.29, 0.717) is 17.7 Å². The minimum atomic E-state index is -0.759. The Morgan fingerprint density at radius 3 is 2.61 bits per heavy atom. The molecule has 3 atom stereocenters. The normalized spacial score (nSPS) is 32.8. The van der Waals surface area contributed by atoms with E-state index in [1.165, 1.54) is 18.9 Å². The lowest BCUT2D eigenvalue weighted by Crippen LogP contribution is -2.36. The molecule has 2 aliphatic rings. The van der Waals surface area contributed by atoms with Gasteiger partial charge < -0.3 is 15.2 Å².